The molecule has 2 rings (SSSR count). The molecule has 0 aromatic heterocycles. The van der Waals surface area contributed by atoms with Crippen LogP contribution in [0, 0.1) is 11.3 Å². The number of carbonyl (C=O) groups excluding carboxylic acids is 1. The fourth-order valence-electron chi connectivity index (χ4n) is 1.54. The predicted molar refractivity (Wildman–Crippen MR) is 67.5 cm³/mol. The van der Waals surface area contributed by atoms with Crippen molar-refractivity contribution < 1.29 is 13.2 Å². The van der Waals surface area contributed by atoms with Crippen LogP contribution in [0.2, 0.25) is 0 Å². The molecule has 1 fully saturated rings. The number of carbonyl (C=O) groups is 1. The molecule has 7 heteroatoms. The van der Waals surface area contributed by atoms with Gasteiger partial charge in [0.1, 0.15) is 6.07 Å². The molecule has 1 aliphatic rings. The van der Waals surface area contributed by atoms with Gasteiger partial charge in [0.15, 0.2) is 0 Å². The maximum absolute atomic E-state index is 12.0. The quantitative estimate of drug-likeness (QED) is 0.799. The second-order valence-corrected chi connectivity index (χ2v) is 6.01. The summed E-state index contributed by atoms with van der Waals surface area (Å²) in [6, 6.07) is 7.85. The van der Waals surface area contributed by atoms with Gasteiger partial charge in [-0.1, -0.05) is 12.1 Å². The highest BCUT2D eigenvalue weighted by molar-refractivity contribution is 7.89. The lowest BCUT2D eigenvalue weighted by atomic mass is 10.2. The van der Waals surface area contributed by atoms with Crippen LogP contribution in [0.25, 0.3) is 0 Å². The zero-order chi connectivity index (χ0) is 13.9. The Morgan fingerprint density at radius 2 is 2.05 bits per heavy atom. The number of amides is 1. The van der Waals surface area contributed by atoms with Crippen molar-refractivity contribution >= 4 is 15.9 Å². The van der Waals surface area contributed by atoms with E-state index in [1.54, 1.807) is 6.07 Å². The van der Waals surface area contributed by atoms with Crippen LogP contribution in [0.1, 0.15) is 18.4 Å². The maximum atomic E-state index is 12.0. The molecule has 0 radical (unpaired) electrons. The monoisotopic (exact) mass is 279 g/mol. The number of nitrogens with one attached hydrogen (secondary N) is 2. The van der Waals surface area contributed by atoms with E-state index in [2.05, 4.69) is 10.0 Å². The van der Waals surface area contributed by atoms with Gasteiger partial charge < -0.3 is 5.32 Å². The summed E-state index contributed by atoms with van der Waals surface area (Å²) in [5.74, 6) is -0.361. The SMILES string of the molecule is N#Cc1ccccc1S(=O)(=O)NCC(=O)NC1CC1. The van der Waals surface area contributed by atoms with E-state index < -0.39 is 10.0 Å². The van der Waals surface area contributed by atoms with Crippen LogP contribution < -0.4 is 10.0 Å². The first kappa shape index (κ1) is 13.5. The average Bonchev–Trinajstić information content (AvgIpc) is 3.20. The number of nitriles is 1. The number of rotatable bonds is 5. The van der Waals surface area contributed by atoms with Crippen molar-refractivity contribution in [1.29, 1.82) is 5.26 Å². The van der Waals surface area contributed by atoms with E-state index in [1.165, 1.54) is 18.2 Å². The van der Waals surface area contributed by atoms with Gasteiger partial charge in [0.05, 0.1) is 17.0 Å². The van der Waals surface area contributed by atoms with E-state index in [9.17, 15) is 13.2 Å². The van der Waals surface area contributed by atoms with Crippen molar-refractivity contribution in [1.82, 2.24) is 10.0 Å². The Morgan fingerprint density at radius 1 is 1.37 bits per heavy atom. The molecule has 1 aliphatic carbocycles. The molecular formula is C12H13N3O3S. The summed E-state index contributed by atoms with van der Waals surface area (Å²) in [4.78, 5) is 11.3. The highest BCUT2D eigenvalue weighted by atomic mass is 32.2. The Bertz CT molecular complexity index is 630. The van der Waals surface area contributed by atoms with Gasteiger partial charge in [-0.2, -0.15) is 5.26 Å². The molecule has 0 unspecified atom stereocenters. The summed E-state index contributed by atoms with van der Waals surface area (Å²) >= 11 is 0. The largest absolute Gasteiger partial charge is 0.352 e. The van der Waals surface area contributed by atoms with Gasteiger partial charge >= 0.3 is 0 Å². The molecule has 0 bridgehead atoms. The third kappa shape index (κ3) is 3.53. The van der Waals surface area contributed by atoms with Crippen LogP contribution in [0.4, 0.5) is 0 Å². The van der Waals surface area contributed by atoms with Crippen LogP contribution in [-0.2, 0) is 14.8 Å². The average molecular weight is 279 g/mol. The Kier molecular flexibility index (Phi) is 3.83. The normalized spacial score (nSPS) is 14.7. The van der Waals surface area contributed by atoms with Gasteiger partial charge in [0.25, 0.3) is 0 Å². The Labute approximate surface area is 111 Å². The minimum Gasteiger partial charge on any atom is -0.352 e. The molecule has 1 saturated carbocycles. The van der Waals surface area contributed by atoms with Crippen LogP contribution >= 0.6 is 0 Å². The lowest BCUT2D eigenvalue weighted by Gasteiger charge is -2.08. The number of sulfonamides is 1. The van der Waals surface area contributed by atoms with E-state index >= 15 is 0 Å². The van der Waals surface area contributed by atoms with Gasteiger partial charge in [-0.3, -0.25) is 4.79 Å². The molecule has 100 valence electrons. The zero-order valence-electron chi connectivity index (χ0n) is 10.1. The van der Waals surface area contributed by atoms with Crippen molar-refractivity contribution in [2.24, 2.45) is 0 Å². The lowest BCUT2D eigenvalue weighted by Crippen LogP contribution is -2.38. The first-order chi connectivity index (χ1) is 9.03. The van der Waals surface area contributed by atoms with Gasteiger partial charge in [-0.25, -0.2) is 13.1 Å². The summed E-state index contributed by atoms with van der Waals surface area (Å²) in [6.45, 7) is -0.321. The number of hydrogen-bond acceptors (Lipinski definition) is 4. The third-order valence-corrected chi connectivity index (χ3v) is 4.12. The van der Waals surface area contributed by atoms with Crippen LogP contribution in [0.3, 0.4) is 0 Å². The summed E-state index contributed by atoms with van der Waals surface area (Å²) in [7, 11) is -3.85. The van der Waals surface area contributed by atoms with E-state index in [0.29, 0.717) is 0 Å². The van der Waals surface area contributed by atoms with Crippen molar-refractivity contribution in [2.45, 2.75) is 23.8 Å². The molecule has 1 aromatic rings. The van der Waals surface area contributed by atoms with Crippen LogP contribution in [-0.4, -0.2) is 26.9 Å². The Morgan fingerprint density at radius 3 is 2.68 bits per heavy atom. The summed E-state index contributed by atoms with van der Waals surface area (Å²) in [5, 5.41) is 11.5. The topological polar surface area (TPSA) is 99.1 Å². The van der Waals surface area contributed by atoms with Gasteiger partial charge in [0.2, 0.25) is 15.9 Å². The second-order valence-electron chi connectivity index (χ2n) is 4.27. The minimum absolute atomic E-state index is 0.0533. The fraction of sp³-hybridized carbons (Fsp3) is 0.333. The molecule has 0 saturated heterocycles. The van der Waals surface area contributed by atoms with Gasteiger partial charge in [-0.15, -0.1) is 0 Å². The fourth-order valence-corrected chi connectivity index (χ4v) is 2.68. The van der Waals surface area contributed by atoms with E-state index in [1.807, 2.05) is 6.07 Å². The van der Waals surface area contributed by atoms with Crippen LogP contribution in [0.5, 0.6) is 0 Å². The highest BCUT2D eigenvalue weighted by Gasteiger charge is 2.24. The Hall–Kier alpha value is -1.91. The number of benzene rings is 1. The summed E-state index contributed by atoms with van der Waals surface area (Å²) in [6.07, 6.45) is 1.88. The first-order valence-corrected chi connectivity index (χ1v) is 7.29. The third-order valence-electron chi connectivity index (χ3n) is 2.66. The van der Waals surface area contributed by atoms with Crippen molar-refractivity contribution in [3.63, 3.8) is 0 Å². The van der Waals surface area contributed by atoms with E-state index in [-0.39, 0.29) is 29.0 Å². The maximum Gasteiger partial charge on any atom is 0.242 e. The molecule has 0 heterocycles. The molecule has 2 N–H and O–H groups in total. The smallest absolute Gasteiger partial charge is 0.242 e. The molecule has 0 atom stereocenters. The molecule has 0 aliphatic heterocycles. The lowest BCUT2D eigenvalue weighted by molar-refractivity contribution is -0.120. The Balaban J connectivity index is 2.05. The summed E-state index contributed by atoms with van der Waals surface area (Å²) < 4.78 is 26.1. The molecular weight excluding hydrogens is 266 g/mol. The van der Waals surface area contributed by atoms with Crippen LogP contribution in [0.15, 0.2) is 29.2 Å². The molecule has 1 aromatic carbocycles. The van der Waals surface area contributed by atoms with E-state index in [0.717, 1.165) is 12.8 Å². The summed E-state index contributed by atoms with van der Waals surface area (Å²) in [5.41, 5.74) is 0.0533. The first-order valence-electron chi connectivity index (χ1n) is 5.81. The number of hydrogen-bond donors (Lipinski definition) is 2. The predicted octanol–water partition coefficient (Wildman–Crippen LogP) is 0.115. The van der Waals surface area contributed by atoms with Gasteiger partial charge in [0, 0.05) is 6.04 Å². The molecule has 1 amide bonds. The zero-order valence-corrected chi connectivity index (χ0v) is 10.9. The second kappa shape index (κ2) is 5.38. The standard InChI is InChI=1S/C12H13N3O3S/c13-7-9-3-1-2-4-11(9)19(17,18)14-8-12(16)15-10-5-6-10/h1-4,10,14H,5-6,8H2,(H,15,16). The molecule has 6 nitrogen and oxygen atoms in total. The molecule has 0 spiro atoms. The number of nitrogens with zero attached hydrogens (tertiary/aromatic N) is 1. The minimum atomic E-state index is -3.85. The van der Waals surface area contributed by atoms with Crippen molar-refractivity contribution in [3.8, 4) is 6.07 Å². The van der Waals surface area contributed by atoms with Crippen molar-refractivity contribution in [3.05, 3.63) is 29.8 Å². The van der Waals surface area contributed by atoms with Gasteiger partial charge in [-0.05, 0) is 25.0 Å². The van der Waals surface area contributed by atoms with E-state index in [4.69, 9.17) is 5.26 Å². The molecule has 19 heavy (non-hydrogen) atoms. The highest BCUT2D eigenvalue weighted by Crippen LogP contribution is 2.18. The van der Waals surface area contributed by atoms with Crippen molar-refractivity contribution in [2.75, 3.05) is 6.54 Å².